The second-order valence-corrected chi connectivity index (χ2v) is 3.17. The summed E-state index contributed by atoms with van der Waals surface area (Å²) in [6.07, 6.45) is 0. The van der Waals surface area contributed by atoms with Gasteiger partial charge in [0.05, 0.1) is 6.61 Å². The first-order valence-electron chi connectivity index (χ1n) is 4.20. The number of aliphatic hydroxyl groups is 1. The molecule has 1 aromatic carbocycles. The molecular weight excluding hydrogens is 207 g/mol. The zero-order chi connectivity index (χ0) is 10.4. The maximum atomic E-state index is 8.82. The molecular formula is C10H14Cl2O. The molecule has 0 bridgehead atoms. The fourth-order valence-electron chi connectivity index (χ4n) is 0.910. The summed E-state index contributed by atoms with van der Waals surface area (Å²) in [7, 11) is 0. The second kappa shape index (κ2) is 6.25. The van der Waals surface area contributed by atoms with Crippen molar-refractivity contribution in [3.63, 3.8) is 0 Å². The number of aryl methyl sites for hydroxylation is 1. The lowest BCUT2D eigenvalue weighted by Gasteiger charge is -2.03. The van der Waals surface area contributed by atoms with Crippen LogP contribution in [0.15, 0.2) is 12.1 Å². The van der Waals surface area contributed by atoms with Gasteiger partial charge in [0.2, 0.25) is 0 Å². The first-order chi connectivity index (χ1) is 6.15. The van der Waals surface area contributed by atoms with Gasteiger partial charge in [-0.05, 0) is 30.2 Å². The van der Waals surface area contributed by atoms with Crippen LogP contribution in [0.2, 0.25) is 10.0 Å². The van der Waals surface area contributed by atoms with Crippen LogP contribution in [0.25, 0.3) is 0 Å². The molecule has 0 fully saturated rings. The Bertz CT molecular complexity index is 272. The highest BCUT2D eigenvalue weighted by atomic mass is 35.5. The normalized spacial score (nSPS) is 9.08. The molecule has 0 aliphatic carbocycles. The summed E-state index contributed by atoms with van der Waals surface area (Å²) in [5.74, 6) is 0. The third-order valence-electron chi connectivity index (χ3n) is 1.46. The van der Waals surface area contributed by atoms with E-state index in [1.54, 1.807) is 12.1 Å². The molecule has 3 heteroatoms. The molecule has 0 aliphatic rings. The van der Waals surface area contributed by atoms with Crippen LogP contribution in [-0.2, 0) is 6.61 Å². The van der Waals surface area contributed by atoms with Gasteiger partial charge in [0.1, 0.15) is 0 Å². The molecule has 0 atom stereocenters. The Labute approximate surface area is 89.3 Å². The summed E-state index contributed by atoms with van der Waals surface area (Å²) in [6, 6.07) is 3.43. The largest absolute Gasteiger partial charge is 0.392 e. The van der Waals surface area contributed by atoms with Crippen LogP contribution in [-0.4, -0.2) is 5.11 Å². The predicted octanol–water partition coefficient (Wildman–Crippen LogP) is 3.82. The fraction of sp³-hybridized carbons (Fsp3) is 0.400. The molecule has 0 amide bonds. The van der Waals surface area contributed by atoms with E-state index in [0.717, 1.165) is 5.56 Å². The van der Waals surface area contributed by atoms with Gasteiger partial charge in [0.15, 0.2) is 0 Å². The van der Waals surface area contributed by atoms with Crippen molar-refractivity contribution < 1.29 is 5.11 Å². The summed E-state index contributed by atoms with van der Waals surface area (Å²) in [5, 5.41) is 10.0. The maximum Gasteiger partial charge on any atom is 0.0697 e. The lowest BCUT2D eigenvalue weighted by atomic mass is 10.1. The van der Waals surface area contributed by atoms with Gasteiger partial charge in [-0.15, -0.1) is 0 Å². The molecule has 0 unspecified atom stereocenters. The van der Waals surface area contributed by atoms with Crippen LogP contribution in [0.5, 0.6) is 0 Å². The van der Waals surface area contributed by atoms with Crippen molar-refractivity contribution in [3.05, 3.63) is 33.3 Å². The van der Waals surface area contributed by atoms with Crippen molar-refractivity contribution >= 4 is 23.2 Å². The Kier molecular flexibility index (Phi) is 6.13. The van der Waals surface area contributed by atoms with E-state index in [9.17, 15) is 0 Å². The van der Waals surface area contributed by atoms with E-state index in [-0.39, 0.29) is 6.61 Å². The molecule has 1 aromatic rings. The topological polar surface area (TPSA) is 20.2 Å². The van der Waals surface area contributed by atoms with Crippen LogP contribution in [0, 0.1) is 6.92 Å². The van der Waals surface area contributed by atoms with Crippen LogP contribution in [0.1, 0.15) is 25.0 Å². The minimum Gasteiger partial charge on any atom is -0.392 e. The number of hydrogen-bond donors (Lipinski definition) is 1. The van der Waals surface area contributed by atoms with E-state index in [4.69, 9.17) is 28.3 Å². The zero-order valence-corrected chi connectivity index (χ0v) is 9.58. The van der Waals surface area contributed by atoms with Crippen molar-refractivity contribution in [2.24, 2.45) is 0 Å². The molecule has 1 rings (SSSR count). The van der Waals surface area contributed by atoms with Crippen LogP contribution >= 0.6 is 23.2 Å². The average Bonchev–Trinajstić information content (AvgIpc) is 2.14. The summed E-state index contributed by atoms with van der Waals surface area (Å²) >= 11 is 11.6. The Morgan fingerprint density at radius 1 is 1.23 bits per heavy atom. The molecule has 74 valence electrons. The zero-order valence-electron chi connectivity index (χ0n) is 8.06. The van der Waals surface area contributed by atoms with E-state index >= 15 is 0 Å². The number of rotatable bonds is 1. The van der Waals surface area contributed by atoms with Gasteiger partial charge in [-0.3, -0.25) is 0 Å². The van der Waals surface area contributed by atoms with E-state index in [1.165, 1.54) is 0 Å². The van der Waals surface area contributed by atoms with Crippen LogP contribution < -0.4 is 0 Å². The van der Waals surface area contributed by atoms with Crippen molar-refractivity contribution in [3.8, 4) is 0 Å². The Morgan fingerprint density at radius 2 is 1.77 bits per heavy atom. The fourth-order valence-corrected chi connectivity index (χ4v) is 1.37. The van der Waals surface area contributed by atoms with Gasteiger partial charge in [0.25, 0.3) is 0 Å². The molecule has 0 saturated heterocycles. The summed E-state index contributed by atoms with van der Waals surface area (Å²) in [5.41, 5.74) is 1.57. The van der Waals surface area contributed by atoms with E-state index in [0.29, 0.717) is 15.6 Å². The van der Waals surface area contributed by atoms with Crippen molar-refractivity contribution in [2.45, 2.75) is 27.4 Å². The second-order valence-electron chi connectivity index (χ2n) is 2.35. The number of benzene rings is 1. The molecule has 0 spiro atoms. The first-order valence-corrected chi connectivity index (χ1v) is 4.96. The monoisotopic (exact) mass is 220 g/mol. The molecule has 0 aliphatic heterocycles. The minimum absolute atomic E-state index is 0.0692. The van der Waals surface area contributed by atoms with Gasteiger partial charge in [0, 0.05) is 10.0 Å². The lowest BCUT2D eigenvalue weighted by molar-refractivity contribution is 0.282. The molecule has 0 heterocycles. The maximum absolute atomic E-state index is 8.82. The summed E-state index contributed by atoms with van der Waals surface area (Å²) in [6.45, 7) is 5.79. The van der Waals surface area contributed by atoms with Crippen LogP contribution in [0.3, 0.4) is 0 Å². The van der Waals surface area contributed by atoms with Crippen molar-refractivity contribution in [1.82, 2.24) is 0 Å². The van der Waals surface area contributed by atoms with Gasteiger partial charge in [-0.25, -0.2) is 0 Å². The van der Waals surface area contributed by atoms with Gasteiger partial charge >= 0.3 is 0 Å². The van der Waals surface area contributed by atoms with Crippen molar-refractivity contribution in [1.29, 1.82) is 0 Å². The van der Waals surface area contributed by atoms with Crippen molar-refractivity contribution in [2.75, 3.05) is 0 Å². The molecule has 0 aromatic heterocycles. The smallest absolute Gasteiger partial charge is 0.0697 e. The predicted molar refractivity (Wildman–Crippen MR) is 58.5 cm³/mol. The Morgan fingerprint density at radius 3 is 2.23 bits per heavy atom. The quantitative estimate of drug-likeness (QED) is 0.764. The number of halogens is 2. The van der Waals surface area contributed by atoms with E-state index in [1.807, 2.05) is 20.8 Å². The third-order valence-corrected chi connectivity index (χ3v) is 2.22. The molecule has 0 saturated carbocycles. The molecule has 13 heavy (non-hydrogen) atoms. The third kappa shape index (κ3) is 3.55. The van der Waals surface area contributed by atoms with E-state index in [2.05, 4.69) is 0 Å². The van der Waals surface area contributed by atoms with Gasteiger partial charge in [-0.2, -0.15) is 0 Å². The summed E-state index contributed by atoms with van der Waals surface area (Å²) < 4.78 is 0. The highest BCUT2D eigenvalue weighted by molar-refractivity contribution is 6.34. The standard InChI is InChI=1S/C8H8Cl2O.C2H6/c1-5-2-7(9)3-6(4-11)8(5)10;1-2/h2-3,11H,4H2,1H3;1-2H3. The van der Waals surface area contributed by atoms with Gasteiger partial charge < -0.3 is 5.11 Å². The SMILES string of the molecule is CC.Cc1cc(Cl)cc(CO)c1Cl. The highest BCUT2D eigenvalue weighted by Crippen LogP contribution is 2.24. The molecule has 0 radical (unpaired) electrons. The minimum atomic E-state index is -0.0692. The number of hydrogen-bond acceptors (Lipinski definition) is 1. The summed E-state index contributed by atoms with van der Waals surface area (Å²) in [4.78, 5) is 0. The average molecular weight is 221 g/mol. The highest BCUT2D eigenvalue weighted by Gasteiger charge is 2.03. The molecule has 1 N–H and O–H groups in total. The Hall–Kier alpha value is -0.240. The number of aliphatic hydroxyl groups excluding tert-OH is 1. The lowest BCUT2D eigenvalue weighted by Crippen LogP contribution is -1.87. The van der Waals surface area contributed by atoms with Crippen LogP contribution in [0.4, 0.5) is 0 Å². The van der Waals surface area contributed by atoms with Gasteiger partial charge in [-0.1, -0.05) is 37.0 Å². The van der Waals surface area contributed by atoms with E-state index < -0.39 is 0 Å². The molecule has 1 nitrogen and oxygen atoms in total. The first kappa shape index (κ1) is 12.8. The Balaban J connectivity index is 0.000000671.